The lowest BCUT2D eigenvalue weighted by Gasteiger charge is -2.19. The van der Waals surface area contributed by atoms with Crippen molar-refractivity contribution in [1.29, 1.82) is 0 Å². The van der Waals surface area contributed by atoms with Gasteiger partial charge in [0.15, 0.2) is 0 Å². The van der Waals surface area contributed by atoms with Gasteiger partial charge in [-0.15, -0.1) is 0 Å². The molecule has 29 heavy (non-hydrogen) atoms. The van der Waals surface area contributed by atoms with Gasteiger partial charge in [-0.1, -0.05) is 42.5 Å². The smallest absolute Gasteiger partial charge is 0.310 e. The van der Waals surface area contributed by atoms with Gasteiger partial charge in [0.2, 0.25) is 15.9 Å². The van der Waals surface area contributed by atoms with Crippen molar-refractivity contribution in [3.63, 3.8) is 0 Å². The second-order valence-corrected chi connectivity index (χ2v) is 8.54. The molecule has 0 heterocycles. The summed E-state index contributed by atoms with van der Waals surface area (Å²) in [5, 5.41) is 2.69. The van der Waals surface area contributed by atoms with E-state index < -0.39 is 15.9 Å². The van der Waals surface area contributed by atoms with Crippen LogP contribution in [-0.2, 0) is 37.2 Å². The van der Waals surface area contributed by atoms with Crippen LogP contribution in [0, 0.1) is 0 Å². The Morgan fingerprint density at radius 3 is 2.24 bits per heavy atom. The fourth-order valence-corrected chi connectivity index (χ4v) is 3.48. The average molecular weight is 419 g/mol. The molecule has 0 spiro atoms. The van der Waals surface area contributed by atoms with Gasteiger partial charge < -0.3 is 10.1 Å². The fraction of sp³-hybridized carbons (Fsp3) is 0.333. The number of ether oxygens (including phenoxy) is 1. The van der Waals surface area contributed by atoms with Crippen LogP contribution in [-0.4, -0.2) is 50.6 Å². The number of benzene rings is 2. The number of anilines is 1. The third kappa shape index (κ3) is 8.05. The number of hydrogen-bond acceptors (Lipinski definition) is 5. The first-order valence-electron chi connectivity index (χ1n) is 9.31. The predicted octanol–water partition coefficient (Wildman–Crippen LogP) is 2.24. The van der Waals surface area contributed by atoms with E-state index >= 15 is 0 Å². The summed E-state index contributed by atoms with van der Waals surface area (Å²) in [6.07, 6.45) is 1.77. The van der Waals surface area contributed by atoms with Crippen LogP contribution in [0.25, 0.3) is 0 Å². The van der Waals surface area contributed by atoms with Crippen molar-refractivity contribution < 1.29 is 22.7 Å². The van der Waals surface area contributed by atoms with E-state index in [2.05, 4.69) is 5.32 Å². The summed E-state index contributed by atoms with van der Waals surface area (Å²) in [6, 6.07) is 16.3. The summed E-state index contributed by atoms with van der Waals surface area (Å²) in [7, 11) is -3.53. The molecule has 0 radical (unpaired) electrons. The summed E-state index contributed by atoms with van der Waals surface area (Å²) in [5.74, 6) is -0.742. The summed E-state index contributed by atoms with van der Waals surface area (Å²) < 4.78 is 30.1. The first-order chi connectivity index (χ1) is 13.8. The second kappa shape index (κ2) is 10.7. The van der Waals surface area contributed by atoms with Gasteiger partial charge in [0.05, 0.1) is 25.8 Å². The number of carbonyl (C=O) groups is 2. The Labute approximate surface area is 171 Å². The van der Waals surface area contributed by atoms with Crippen molar-refractivity contribution in [3.05, 3.63) is 65.7 Å². The Balaban J connectivity index is 1.93. The number of rotatable bonds is 10. The normalized spacial score (nSPS) is 11.3. The predicted molar refractivity (Wildman–Crippen MR) is 112 cm³/mol. The highest BCUT2D eigenvalue weighted by molar-refractivity contribution is 7.88. The lowest BCUT2D eigenvalue weighted by molar-refractivity contribution is -0.142. The second-order valence-electron chi connectivity index (χ2n) is 6.56. The van der Waals surface area contributed by atoms with Gasteiger partial charge in [-0.05, 0) is 36.6 Å². The number of sulfonamides is 1. The van der Waals surface area contributed by atoms with Crippen LogP contribution >= 0.6 is 0 Å². The van der Waals surface area contributed by atoms with E-state index in [1.807, 2.05) is 30.3 Å². The van der Waals surface area contributed by atoms with Crippen molar-refractivity contribution in [1.82, 2.24) is 4.31 Å². The lowest BCUT2D eigenvalue weighted by Crippen LogP contribution is -2.38. The quantitative estimate of drug-likeness (QED) is 0.598. The number of amides is 1. The molecule has 0 aliphatic carbocycles. The van der Waals surface area contributed by atoms with Crippen LogP contribution in [0.1, 0.15) is 18.1 Å². The monoisotopic (exact) mass is 418 g/mol. The summed E-state index contributed by atoms with van der Waals surface area (Å²) in [6.45, 7) is 2.02. The molecule has 0 aliphatic heterocycles. The number of hydrogen-bond donors (Lipinski definition) is 1. The zero-order valence-electron chi connectivity index (χ0n) is 16.6. The third-order valence-corrected chi connectivity index (χ3v) is 5.42. The van der Waals surface area contributed by atoms with E-state index in [1.165, 1.54) is 0 Å². The number of esters is 1. The molecule has 0 aliphatic rings. The van der Waals surface area contributed by atoms with Crippen LogP contribution in [0.5, 0.6) is 0 Å². The molecule has 0 aromatic heterocycles. The Bertz CT molecular complexity index is 912. The zero-order chi connectivity index (χ0) is 21.3. The maximum Gasteiger partial charge on any atom is 0.310 e. The Hall–Kier alpha value is -2.71. The average Bonchev–Trinajstić information content (AvgIpc) is 2.67. The van der Waals surface area contributed by atoms with Gasteiger partial charge in [0.1, 0.15) is 0 Å². The molecule has 0 bridgehead atoms. The van der Waals surface area contributed by atoms with Crippen molar-refractivity contribution >= 4 is 27.6 Å². The topological polar surface area (TPSA) is 92.8 Å². The molecule has 0 atom stereocenters. The molecule has 2 aromatic rings. The minimum absolute atomic E-state index is 0.156. The molecule has 0 fully saturated rings. The van der Waals surface area contributed by atoms with Crippen LogP contribution < -0.4 is 5.32 Å². The van der Waals surface area contributed by atoms with E-state index in [-0.39, 0.29) is 25.5 Å². The maximum atomic E-state index is 12.3. The van der Waals surface area contributed by atoms with Gasteiger partial charge in [-0.2, -0.15) is 4.31 Å². The minimum atomic E-state index is -3.53. The number of nitrogens with zero attached hydrogens (tertiary/aromatic N) is 1. The van der Waals surface area contributed by atoms with Gasteiger partial charge in [0, 0.05) is 12.2 Å². The van der Waals surface area contributed by atoms with Crippen molar-refractivity contribution in [3.8, 4) is 0 Å². The van der Waals surface area contributed by atoms with E-state index in [4.69, 9.17) is 4.74 Å². The molecule has 0 saturated heterocycles. The Kier molecular flexibility index (Phi) is 8.35. The fourth-order valence-electron chi connectivity index (χ4n) is 2.71. The Morgan fingerprint density at radius 1 is 1.00 bits per heavy atom. The van der Waals surface area contributed by atoms with Crippen molar-refractivity contribution in [2.75, 3.05) is 31.3 Å². The summed E-state index contributed by atoms with van der Waals surface area (Å²) in [4.78, 5) is 23.8. The first-order valence-corrected chi connectivity index (χ1v) is 11.2. The molecule has 8 heteroatoms. The highest BCUT2D eigenvalue weighted by Gasteiger charge is 2.20. The van der Waals surface area contributed by atoms with Crippen LogP contribution in [0.15, 0.2) is 54.6 Å². The van der Waals surface area contributed by atoms with Crippen LogP contribution in [0.3, 0.4) is 0 Å². The molecule has 0 unspecified atom stereocenters. The molecular formula is C21H26N2O5S. The number of carbonyl (C=O) groups excluding carboxylic acids is 2. The zero-order valence-corrected chi connectivity index (χ0v) is 17.4. The standard InChI is InChI=1S/C21H26N2O5S/c1-3-28-21(25)15-18-9-11-19(12-10-18)22-20(24)16-23(29(2,26)27)14-13-17-7-5-4-6-8-17/h4-12H,3,13-16H2,1-2H3,(H,22,24). The van der Waals surface area contributed by atoms with Crippen molar-refractivity contribution in [2.45, 2.75) is 19.8 Å². The molecule has 156 valence electrons. The van der Waals surface area contributed by atoms with Crippen LogP contribution in [0.4, 0.5) is 5.69 Å². The van der Waals surface area contributed by atoms with E-state index in [0.29, 0.717) is 18.7 Å². The molecular weight excluding hydrogens is 392 g/mol. The van der Waals surface area contributed by atoms with E-state index in [1.54, 1.807) is 31.2 Å². The molecule has 1 N–H and O–H groups in total. The molecule has 7 nitrogen and oxygen atoms in total. The molecule has 0 saturated carbocycles. The number of nitrogens with one attached hydrogen (secondary N) is 1. The van der Waals surface area contributed by atoms with Crippen LogP contribution in [0.2, 0.25) is 0 Å². The Morgan fingerprint density at radius 2 is 1.66 bits per heavy atom. The lowest BCUT2D eigenvalue weighted by atomic mass is 10.1. The molecule has 1 amide bonds. The van der Waals surface area contributed by atoms with Gasteiger partial charge >= 0.3 is 5.97 Å². The SMILES string of the molecule is CCOC(=O)Cc1ccc(NC(=O)CN(CCc2ccccc2)S(C)(=O)=O)cc1. The van der Waals surface area contributed by atoms with E-state index in [0.717, 1.165) is 21.7 Å². The van der Waals surface area contributed by atoms with Crippen molar-refractivity contribution in [2.24, 2.45) is 0 Å². The highest BCUT2D eigenvalue weighted by Crippen LogP contribution is 2.11. The first kappa shape index (κ1) is 22.6. The summed E-state index contributed by atoms with van der Waals surface area (Å²) in [5.41, 5.74) is 2.29. The van der Waals surface area contributed by atoms with Gasteiger partial charge in [-0.3, -0.25) is 9.59 Å². The van der Waals surface area contributed by atoms with Gasteiger partial charge in [0.25, 0.3) is 0 Å². The molecule has 2 aromatic carbocycles. The largest absolute Gasteiger partial charge is 0.466 e. The maximum absolute atomic E-state index is 12.3. The van der Waals surface area contributed by atoms with Gasteiger partial charge in [-0.25, -0.2) is 8.42 Å². The highest BCUT2D eigenvalue weighted by atomic mass is 32.2. The minimum Gasteiger partial charge on any atom is -0.466 e. The third-order valence-electron chi connectivity index (χ3n) is 4.17. The summed E-state index contributed by atoms with van der Waals surface area (Å²) >= 11 is 0. The molecule has 2 rings (SSSR count). The van der Waals surface area contributed by atoms with E-state index in [9.17, 15) is 18.0 Å².